The van der Waals surface area contributed by atoms with Crippen LogP contribution in [-0.4, -0.2) is 27.9 Å². The van der Waals surface area contributed by atoms with Crippen LogP contribution in [0.15, 0.2) is 18.2 Å². The molecule has 1 aliphatic heterocycles. The van der Waals surface area contributed by atoms with Gasteiger partial charge < -0.3 is 14.8 Å². The first-order valence-electron chi connectivity index (χ1n) is 6.34. The standard InChI is InChI=1S/C13H14N4O3/c1-2-11-15-12(17-16-11)13(18)14-6-8-3-4-9-10(5-8)20-7-19-9/h3-5H,2,6-7H2,1H3,(H,14,18)(H,15,16,17). The molecule has 3 rings (SSSR count). The molecule has 0 saturated heterocycles. The lowest BCUT2D eigenvalue weighted by Gasteiger charge is -2.04. The molecule has 0 spiro atoms. The van der Waals surface area contributed by atoms with Crippen LogP contribution in [0.1, 0.15) is 28.9 Å². The van der Waals surface area contributed by atoms with Crippen LogP contribution in [0.25, 0.3) is 0 Å². The number of H-pyrrole nitrogens is 1. The summed E-state index contributed by atoms with van der Waals surface area (Å²) in [7, 11) is 0. The van der Waals surface area contributed by atoms with Crippen molar-refractivity contribution in [2.75, 3.05) is 6.79 Å². The summed E-state index contributed by atoms with van der Waals surface area (Å²) < 4.78 is 10.5. The second-order valence-corrected chi connectivity index (χ2v) is 4.33. The molecule has 1 aromatic heterocycles. The van der Waals surface area contributed by atoms with E-state index in [9.17, 15) is 4.79 Å². The normalized spacial score (nSPS) is 12.4. The number of nitrogens with one attached hydrogen (secondary N) is 2. The van der Waals surface area contributed by atoms with Crippen molar-refractivity contribution in [1.29, 1.82) is 0 Å². The zero-order valence-electron chi connectivity index (χ0n) is 11.0. The van der Waals surface area contributed by atoms with Crippen LogP contribution >= 0.6 is 0 Å². The van der Waals surface area contributed by atoms with Crippen LogP contribution in [0.2, 0.25) is 0 Å². The summed E-state index contributed by atoms with van der Waals surface area (Å²) in [5.41, 5.74) is 0.925. The van der Waals surface area contributed by atoms with E-state index in [0.717, 1.165) is 11.3 Å². The minimum atomic E-state index is -0.307. The summed E-state index contributed by atoms with van der Waals surface area (Å²) in [4.78, 5) is 15.9. The summed E-state index contributed by atoms with van der Waals surface area (Å²) >= 11 is 0. The highest BCUT2D eigenvalue weighted by atomic mass is 16.7. The SMILES string of the molecule is CCc1nc(C(=O)NCc2ccc3c(c2)OCO3)n[nH]1. The number of aryl methyl sites for hydroxylation is 1. The van der Waals surface area contributed by atoms with Crippen molar-refractivity contribution in [2.45, 2.75) is 19.9 Å². The van der Waals surface area contributed by atoms with E-state index in [1.54, 1.807) is 0 Å². The minimum absolute atomic E-state index is 0.155. The van der Waals surface area contributed by atoms with E-state index in [1.807, 2.05) is 25.1 Å². The van der Waals surface area contributed by atoms with E-state index < -0.39 is 0 Å². The van der Waals surface area contributed by atoms with Gasteiger partial charge in [0.15, 0.2) is 11.5 Å². The quantitative estimate of drug-likeness (QED) is 0.869. The molecule has 0 radical (unpaired) electrons. The topological polar surface area (TPSA) is 89.1 Å². The number of nitrogens with zero attached hydrogens (tertiary/aromatic N) is 2. The lowest BCUT2D eigenvalue weighted by atomic mass is 10.2. The van der Waals surface area contributed by atoms with Crippen molar-refractivity contribution in [3.05, 3.63) is 35.4 Å². The number of carbonyl (C=O) groups excluding carboxylic acids is 1. The molecule has 0 saturated carbocycles. The number of fused-ring (bicyclic) bond motifs is 1. The molecular formula is C13H14N4O3. The Hall–Kier alpha value is -2.57. The Kier molecular flexibility index (Phi) is 3.24. The maximum Gasteiger partial charge on any atom is 0.291 e. The van der Waals surface area contributed by atoms with Gasteiger partial charge in [0.2, 0.25) is 12.6 Å². The van der Waals surface area contributed by atoms with Gasteiger partial charge in [-0.3, -0.25) is 9.89 Å². The number of hydrogen-bond acceptors (Lipinski definition) is 5. The first-order valence-corrected chi connectivity index (χ1v) is 6.34. The van der Waals surface area contributed by atoms with Crippen LogP contribution in [0.5, 0.6) is 11.5 Å². The molecule has 0 fully saturated rings. The van der Waals surface area contributed by atoms with Gasteiger partial charge in [0.1, 0.15) is 5.82 Å². The Morgan fingerprint density at radius 3 is 3.05 bits per heavy atom. The molecule has 0 atom stereocenters. The number of ether oxygens (including phenoxy) is 2. The first-order chi connectivity index (χ1) is 9.76. The first kappa shape index (κ1) is 12.5. The van der Waals surface area contributed by atoms with Gasteiger partial charge in [-0.1, -0.05) is 13.0 Å². The number of amides is 1. The number of carbonyl (C=O) groups is 1. The maximum absolute atomic E-state index is 11.9. The zero-order valence-corrected chi connectivity index (χ0v) is 11.0. The fraction of sp³-hybridized carbons (Fsp3) is 0.308. The summed E-state index contributed by atoms with van der Waals surface area (Å²) in [6, 6.07) is 5.55. The van der Waals surface area contributed by atoms with Crippen molar-refractivity contribution in [3.8, 4) is 11.5 Å². The monoisotopic (exact) mass is 274 g/mol. The molecular weight excluding hydrogens is 260 g/mol. The lowest BCUT2D eigenvalue weighted by molar-refractivity contribution is 0.0940. The number of rotatable bonds is 4. The third kappa shape index (κ3) is 2.42. The van der Waals surface area contributed by atoms with E-state index in [4.69, 9.17) is 9.47 Å². The highest BCUT2D eigenvalue weighted by Crippen LogP contribution is 2.32. The van der Waals surface area contributed by atoms with Crippen molar-refractivity contribution in [2.24, 2.45) is 0 Å². The van der Waals surface area contributed by atoms with Crippen molar-refractivity contribution < 1.29 is 14.3 Å². The van der Waals surface area contributed by atoms with Gasteiger partial charge in [-0.2, -0.15) is 0 Å². The zero-order chi connectivity index (χ0) is 13.9. The van der Waals surface area contributed by atoms with Gasteiger partial charge in [-0.05, 0) is 17.7 Å². The molecule has 0 aliphatic carbocycles. The Morgan fingerprint density at radius 2 is 2.25 bits per heavy atom. The smallest absolute Gasteiger partial charge is 0.291 e. The summed E-state index contributed by atoms with van der Waals surface area (Å²) in [5.74, 6) is 1.96. The van der Waals surface area contributed by atoms with Crippen molar-refractivity contribution >= 4 is 5.91 Å². The molecule has 7 nitrogen and oxygen atoms in total. The van der Waals surface area contributed by atoms with Gasteiger partial charge >= 0.3 is 0 Å². The van der Waals surface area contributed by atoms with Crippen LogP contribution in [0.3, 0.4) is 0 Å². The minimum Gasteiger partial charge on any atom is -0.454 e. The molecule has 7 heteroatoms. The highest BCUT2D eigenvalue weighted by molar-refractivity contribution is 5.90. The van der Waals surface area contributed by atoms with Gasteiger partial charge in [0.25, 0.3) is 5.91 Å². The molecule has 2 N–H and O–H groups in total. The molecule has 0 bridgehead atoms. The van der Waals surface area contributed by atoms with Crippen molar-refractivity contribution in [1.82, 2.24) is 20.5 Å². The second kappa shape index (κ2) is 5.20. The molecule has 1 aliphatic rings. The van der Waals surface area contributed by atoms with Crippen molar-refractivity contribution in [3.63, 3.8) is 0 Å². The van der Waals surface area contributed by atoms with E-state index in [2.05, 4.69) is 20.5 Å². The fourth-order valence-corrected chi connectivity index (χ4v) is 1.87. The Bertz CT molecular complexity index is 638. The molecule has 104 valence electrons. The number of benzene rings is 1. The Balaban J connectivity index is 1.63. The van der Waals surface area contributed by atoms with Crippen LogP contribution < -0.4 is 14.8 Å². The summed E-state index contributed by atoms with van der Waals surface area (Å²) in [6.45, 7) is 2.56. The number of aromatic amines is 1. The fourth-order valence-electron chi connectivity index (χ4n) is 1.87. The predicted molar refractivity (Wildman–Crippen MR) is 69.5 cm³/mol. The summed E-state index contributed by atoms with van der Waals surface area (Å²) in [5, 5.41) is 9.34. The van der Waals surface area contributed by atoms with Crippen LogP contribution in [0.4, 0.5) is 0 Å². The average molecular weight is 274 g/mol. The van der Waals surface area contributed by atoms with Gasteiger partial charge in [0.05, 0.1) is 0 Å². The van der Waals surface area contributed by atoms with Gasteiger partial charge in [0, 0.05) is 13.0 Å². The third-order valence-electron chi connectivity index (χ3n) is 2.96. The third-order valence-corrected chi connectivity index (χ3v) is 2.96. The molecule has 0 unspecified atom stereocenters. The Morgan fingerprint density at radius 1 is 1.40 bits per heavy atom. The van der Waals surface area contributed by atoms with E-state index in [-0.39, 0.29) is 18.5 Å². The van der Waals surface area contributed by atoms with E-state index in [0.29, 0.717) is 24.5 Å². The Labute approximate surface area is 115 Å². The van der Waals surface area contributed by atoms with Crippen LogP contribution in [0, 0.1) is 0 Å². The molecule has 2 aromatic rings. The number of aromatic nitrogens is 3. The van der Waals surface area contributed by atoms with E-state index >= 15 is 0 Å². The molecule has 1 amide bonds. The average Bonchev–Trinajstić information content (AvgIpc) is 3.12. The second-order valence-electron chi connectivity index (χ2n) is 4.33. The van der Waals surface area contributed by atoms with Crippen LogP contribution in [-0.2, 0) is 13.0 Å². The molecule has 20 heavy (non-hydrogen) atoms. The number of hydrogen-bond donors (Lipinski definition) is 2. The van der Waals surface area contributed by atoms with Gasteiger partial charge in [-0.25, -0.2) is 4.98 Å². The lowest BCUT2D eigenvalue weighted by Crippen LogP contribution is -2.24. The van der Waals surface area contributed by atoms with Gasteiger partial charge in [-0.15, -0.1) is 5.10 Å². The largest absolute Gasteiger partial charge is 0.454 e. The predicted octanol–water partition coefficient (Wildman–Crippen LogP) is 1.03. The van der Waals surface area contributed by atoms with E-state index in [1.165, 1.54) is 0 Å². The molecule has 2 heterocycles. The maximum atomic E-state index is 11.9. The summed E-state index contributed by atoms with van der Waals surface area (Å²) in [6.07, 6.45) is 0.711. The molecule has 1 aromatic carbocycles. The highest BCUT2D eigenvalue weighted by Gasteiger charge is 2.15.